The molecule has 1 saturated heterocycles. The van der Waals surface area contributed by atoms with Crippen LogP contribution >= 0.6 is 0 Å². The van der Waals surface area contributed by atoms with Gasteiger partial charge in [0.1, 0.15) is 17.1 Å². The molecule has 0 N–H and O–H groups in total. The monoisotopic (exact) mass is 463 g/mol. The normalized spacial score (nSPS) is 14.7. The lowest BCUT2D eigenvalue weighted by Gasteiger charge is -2.32. The Bertz CT molecular complexity index is 1040. The number of rotatable bonds is 5. The highest BCUT2D eigenvalue weighted by molar-refractivity contribution is 5.68. The Morgan fingerprint density at radius 1 is 0.912 bits per heavy atom. The Morgan fingerprint density at radius 2 is 1.47 bits per heavy atom. The van der Waals surface area contributed by atoms with E-state index in [4.69, 9.17) is 19.3 Å². The predicted molar refractivity (Wildman–Crippen MR) is 132 cm³/mol. The number of amides is 1. The number of benzene rings is 2. The Morgan fingerprint density at radius 3 is 2.00 bits per heavy atom. The van der Waals surface area contributed by atoms with Gasteiger partial charge in [-0.05, 0) is 88.2 Å². The minimum absolute atomic E-state index is 0.242. The number of methoxy groups -OCH3 is 2. The van der Waals surface area contributed by atoms with E-state index in [-0.39, 0.29) is 12.0 Å². The lowest BCUT2D eigenvalue weighted by molar-refractivity contribution is 0.0204. The fourth-order valence-electron chi connectivity index (χ4n) is 4.17. The fraction of sp³-hybridized carbons (Fsp3) is 0.407. The van der Waals surface area contributed by atoms with Gasteiger partial charge in [0.25, 0.3) is 0 Å². The summed E-state index contributed by atoms with van der Waals surface area (Å²) in [5.41, 5.74) is 3.58. The molecule has 4 rings (SSSR count). The van der Waals surface area contributed by atoms with E-state index in [2.05, 4.69) is 6.07 Å². The molecule has 1 aromatic heterocycles. The number of piperidine rings is 1. The van der Waals surface area contributed by atoms with Crippen LogP contribution in [0.15, 0.2) is 54.6 Å². The molecule has 0 spiro atoms. The molecule has 0 unspecified atom stereocenters. The van der Waals surface area contributed by atoms with Gasteiger partial charge in [-0.2, -0.15) is 5.10 Å². The van der Waals surface area contributed by atoms with Crippen LogP contribution in [-0.4, -0.2) is 53.7 Å². The second-order valence-corrected chi connectivity index (χ2v) is 9.53. The summed E-state index contributed by atoms with van der Waals surface area (Å²) in [6, 6.07) is 18.1. The highest BCUT2D eigenvalue weighted by Crippen LogP contribution is 2.33. The van der Waals surface area contributed by atoms with Crippen LogP contribution < -0.4 is 9.47 Å². The minimum Gasteiger partial charge on any atom is -0.497 e. The van der Waals surface area contributed by atoms with E-state index in [9.17, 15) is 4.79 Å². The van der Waals surface area contributed by atoms with Gasteiger partial charge in [-0.25, -0.2) is 9.48 Å². The first kappa shape index (κ1) is 23.7. The molecule has 2 heterocycles. The van der Waals surface area contributed by atoms with Crippen molar-refractivity contribution in [3.05, 3.63) is 60.3 Å². The van der Waals surface area contributed by atoms with Crippen LogP contribution in [-0.2, 0) is 4.74 Å². The van der Waals surface area contributed by atoms with E-state index < -0.39 is 5.60 Å². The lowest BCUT2D eigenvalue weighted by atomic mass is 9.93. The summed E-state index contributed by atoms with van der Waals surface area (Å²) in [6.07, 6.45) is 1.45. The summed E-state index contributed by atoms with van der Waals surface area (Å²) in [4.78, 5) is 14.3. The van der Waals surface area contributed by atoms with Crippen molar-refractivity contribution in [2.45, 2.75) is 45.1 Å². The van der Waals surface area contributed by atoms with Gasteiger partial charge in [0.15, 0.2) is 0 Å². The fourth-order valence-corrected chi connectivity index (χ4v) is 4.17. The molecule has 7 nitrogen and oxygen atoms in total. The van der Waals surface area contributed by atoms with E-state index in [0.29, 0.717) is 13.1 Å². The predicted octanol–water partition coefficient (Wildman–Crippen LogP) is 5.67. The number of aromatic nitrogens is 2. The first-order valence-electron chi connectivity index (χ1n) is 11.6. The SMILES string of the molecule is COc1ccc(-c2cc(C3CCN(C(=O)OC(C)(C)C)CC3)nn2-c2ccc(OC)cc2)cc1. The molecular weight excluding hydrogens is 430 g/mol. The molecule has 1 aliphatic rings. The zero-order chi connectivity index (χ0) is 24.3. The Hall–Kier alpha value is -3.48. The van der Waals surface area contributed by atoms with Crippen molar-refractivity contribution in [3.63, 3.8) is 0 Å². The standard InChI is InChI=1S/C27H33N3O4/c1-27(2,3)34-26(31)29-16-14-19(15-17-29)24-18-25(20-6-10-22(32-4)11-7-20)30(28-24)21-8-12-23(33-5)13-9-21/h6-13,18-19H,14-17H2,1-5H3. The first-order valence-corrected chi connectivity index (χ1v) is 11.6. The van der Waals surface area contributed by atoms with Crippen LogP contribution in [0.4, 0.5) is 4.79 Å². The second-order valence-electron chi connectivity index (χ2n) is 9.53. The molecule has 0 saturated carbocycles. The zero-order valence-corrected chi connectivity index (χ0v) is 20.6. The van der Waals surface area contributed by atoms with Gasteiger partial charge in [0, 0.05) is 24.6 Å². The molecule has 34 heavy (non-hydrogen) atoms. The maximum atomic E-state index is 12.5. The molecular formula is C27H33N3O4. The Labute approximate surface area is 201 Å². The molecule has 0 bridgehead atoms. The summed E-state index contributed by atoms with van der Waals surface area (Å²) >= 11 is 0. The Kier molecular flexibility index (Phi) is 6.82. The van der Waals surface area contributed by atoms with Crippen LogP contribution in [0.3, 0.4) is 0 Å². The number of nitrogens with zero attached hydrogens (tertiary/aromatic N) is 3. The van der Waals surface area contributed by atoms with Crippen LogP contribution in [0.25, 0.3) is 16.9 Å². The van der Waals surface area contributed by atoms with E-state index in [1.807, 2.05) is 74.0 Å². The number of hydrogen-bond donors (Lipinski definition) is 0. The highest BCUT2D eigenvalue weighted by Gasteiger charge is 2.29. The van der Waals surface area contributed by atoms with Crippen LogP contribution in [0.1, 0.15) is 45.2 Å². The smallest absolute Gasteiger partial charge is 0.410 e. The highest BCUT2D eigenvalue weighted by atomic mass is 16.6. The average Bonchev–Trinajstić information content (AvgIpc) is 3.29. The number of carbonyl (C=O) groups excluding carboxylic acids is 1. The lowest BCUT2D eigenvalue weighted by Crippen LogP contribution is -2.41. The molecule has 0 aliphatic carbocycles. The van der Waals surface area contributed by atoms with Gasteiger partial charge in [0.2, 0.25) is 0 Å². The molecule has 0 atom stereocenters. The number of likely N-dealkylation sites (tertiary alicyclic amines) is 1. The van der Waals surface area contributed by atoms with E-state index in [1.165, 1.54) is 0 Å². The van der Waals surface area contributed by atoms with Crippen molar-refractivity contribution in [1.29, 1.82) is 0 Å². The average molecular weight is 464 g/mol. The third-order valence-corrected chi connectivity index (χ3v) is 6.00. The minimum atomic E-state index is -0.488. The number of carbonyl (C=O) groups is 1. The van der Waals surface area contributed by atoms with Gasteiger partial charge in [-0.3, -0.25) is 0 Å². The Balaban J connectivity index is 1.60. The quantitative estimate of drug-likeness (QED) is 0.488. The molecule has 1 aliphatic heterocycles. The first-order chi connectivity index (χ1) is 16.3. The summed E-state index contributed by atoms with van der Waals surface area (Å²) in [5.74, 6) is 1.89. The third-order valence-electron chi connectivity index (χ3n) is 6.00. The molecule has 1 fully saturated rings. The zero-order valence-electron chi connectivity index (χ0n) is 20.6. The van der Waals surface area contributed by atoms with Gasteiger partial charge in [-0.15, -0.1) is 0 Å². The summed E-state index contributed by atoms with van der Waals surface area (Å²) in [6.45, 7) is 7.00. The van der Waals surface area contributed by atoms with Gasteiger partial charge < -0.3 is 19.1 Å². The molecule has 3 aromatic rings. The molecule has 2 aromatic carbocycles. The van der Waals surface area contributed by atoms with Crippen molar-refractivity contribution in [2.75, 3.05) is 27.3 Å². The number of ether oxygens (including phenoxy) is 3. The number of hydrogen-bond acceptors (Lipinski definition) is 5. The summed E-state index contributed by atoms with van der Waals surface area (Å²) in [5, 5.41) is 5.02. The van der Waals surface area contributed by atoms with Gasteiger partial charge in [-0.1, -0.05) is 0 Å². The van der Waals surface area contributed by atoms with Gasteiger partial charge in [0.05, 0.1) is 31.3 Å². The summed E-state index contributed by atoms with van der Waals surface area (Å²) < 4.78 is 18.2. The second kappa shape index (κ2) is 9.79. The summed E-state index contributed by atoms with van der Waals surface area (Å²) in [7, 11) is 3.33. The third kappa shape index (κ3) is 5.35. The van der Waals surface area contributed by atoms with Crippen molar-refractivity contribution >= 4 is 6.09 Å². The van der Waals surface area contributed by atoms with Crippen molar-refractivity contribution < 1.29 is 19.0 Å². The largest absolute Gasteiger partial charge is 0.497 e. The van der Waals surface area contributed by atoms with Crippen molar-refractivity contribution in [1.82, 2.24) is 14.7 Å². The maximum absolute atomic E-state index is 12.5. The molecule has 1 amide bonds. The van der Waals surface area contributed by atoms with Crippen molar-refractivity contribution in [2.24, 2.45) is 0 Å². The van der Waals surface area contributed by atoms with Gasteiger partial charge >= 0.3 is 6.09 Å². The van der Waals surface area contributed by atoms with Crippen LogP contribution in [0.2, 0.25) is 0 Å². The molecule has 0 radical (unpaired) electrons. The maximum Gasteiger partial charge on any atom is 0.410 e. The van der Waals surface area contributed by atoms with Crippen LogP contribution in [0.5, 0.6) is 11.5 Å². The molecule has 180 valence electrons. The van der Waals surface area contributed by atoms with E-state index in [1.54, 1.807) is 19.1 Å². The van der Waals surface area contributed by atoms with Crippen LogP contribution in [0, 0.1) is 0 Å². The van der Waals surface area contributed by atoms with Crippen molar-refractivity contribution in [3.8, 4) is 28.4 Å². The van der Waals surface area contributed by atoms with E-state index in [0.717, 1.165) is 47.0 Å². The van der Waals surface area contributed by atoms with E-state index >= 15 is 0 Å². The topological polar surface area (TPSA) is 65.8 Å². The molecule has 7 heteroatoms.